The van der Waals surface area contributed by atoms with E-state index in [1.165, 1.54) is 18.0 Å². The first kappa shape index (κ1) is 12.7. The molecule has 4 nitrogen and oxygen atoms in total. The van der Waals surface area contributed by atoms with Gasteiger partial charge in [0.15, 0.2) is 5.16 Å². The minimum Gasteiger partial charge on any atom is -0.462 e. The van der Waals surface area contributed by atoms with Crippen LogP contribution in [-0.2, 0) is 9.16 Å². The quantitative estimate of drug-likeness (QED) is 0.277. The molecule has 0 amide bonds. The number of nitrogens with zero attached hydrogens (tertiary/aromatic N) is 2. The largest absolute Gasteiger partial charge is 0.462 e. The van der Waals surface area contributed by atoms with Crippen LogP contribution in [0.3, 0.4) is 0 Å². The number of carbonyl (C=O) groups is 1. The number of hydrogen-bond acceptors (Lipinski definition) is 5. The molecule has 0 atom stereocenters. The van der Waals surface area contributed by atoms with Crippen LogP contribution in [-0.4, -0.2) is 28.8 Å². The van der Waals surface area contributed by atoms with E-state index >= 15 is 0 Å². The molecule has 0 bridgehead atoms. The first-order chi connectivity index (χ1) is 7.22. The Kier molecular flexibility index (Phi) is 5.30. The first-order valence-corrected chi connectivity index (χ1v) is 7.11. The number of esters is 1. The average Bonchev–Trinajstić information content (AvgIpc) is 2.28. The number of rotatable bonds is 4. The molecule has 82 valence electrons. The van der Waals surface area contributed by atoms with Crippen molar-refractivity contribution in [3.8, 4) is 0 Å². The number of ether oxygens (including phenoxy) is 1. The molecule has 0 aliphatic carbocycles. The van der Waals surface area contributed by atoms with Crippen LogP contribution >= 0.6 is 34.4 Å². The maximum Gasteiger partial charge on any atom is 0.341 e. The Balaban J connectivity index is 3.02. The van der Waals surface area contributed by atoms with Crippen molar-refractivity contribution < 1.29 is 9.53 Å². The fourth-order valence-corrected chi connectivity index (χ4v) is 1.92. The molecule has 0 N–H and O–H groups in total. The minimum atomic E-state index is -0.350. The lowest BCUT2D eigenvalue weighted by molar-refractivity contribution is 0.0524. The Morgan fingerprint density at radius 3 is 2.93 bits per heavy atom. The summed E-state index contributed by atoms with van der Waals surface area (Å²) in [6.45, 7) is 2.14. The molecule has 1 heterocycles. The molecule has 0 radical (unpaired) electrons. The zero-order valence-corrected chi connectivity index (χ0v) is 11.5. The number of alkyl halides is 1. The Morgan fingerprint density at radius 1 is 1.67 bits per heavy atom. The first-order valence-electron chi connectivity index (χ1n) is 4.35. The molecule has 15 heavy (non-hydrogen) atoms. The van der Waals surface area contributed by atoms with Crippen LogP contribution in [0.2, 0.25) is 0 Å². The van der Waals surface area contributed by atoms with E-state index in [0.29, 0.717) is 21.8 Å². The van der Waals surface area contributed by atoms with Crippen LogP contribution in [0.1, 0.15) is 23.0 Å². The summed E-state index contributed by atoms with van der Waals surface area (Å²) in [5.74, 6) is -0.350. The van der Waals surface area contributed by atoms with Crippen LogP contribution in [0.15, 0.2) is 11.4 Å². The number of carbonyl (C=O) groups excluding carboxylic acids is 1. The maximum absolute atomic E-state index is 11.5. The van der Waals surface area contributed by atoms with Crippen LogP contribution in [0.25, 0.3) is 0 Å². The van der Waals surface area contributed by atoms with Gasteiger partial charge in [-0.3, -0.25) is 0 Å². The SMILES string of the molecule is CCOC(=O)c1cnc(SC)nc1CI. The number of thioether (sulfide) groups is 1. The normalized spacial score (nSPS) is 10.1. The molecular weight excluding hydrogens is 327 g/mol. The van der Waals surface area contributed by atoms with E-state index in [2.05, 4.69) is 32.6 Å². The monoisotopic (exact) mass is 338 g/mol. The van der Waals surface area contributed by atoms with Crippen molar-refractivity contribution in [2.45, 2.75) is 16.5 Å². The lowest BCUT2D eigenvalue weighted by Crippen LogP contribution is -2.10. The van der Waals surface area contributed by atoms with E-state index in [0.717, 1.165) is 5.69 Å². The van der Waals surface area contributed by atoms with Crippen molar-refractivity contribution >= 4 is 40.3 Å². The van der Waals surface area contributed by atoms with Crippen molar-refractivity contribution in [1.82, 2.24) is 9.97 Å². The van der Waals surface area contributed by atoms with Gasteiger partial charge in [0, 0.05) is 10.6 Å². The highest BCUT2D eigenvalue weighted by atomic mass is 127. The summed E-state index contributed by atoms with van der Waals surface area (Å²) in [6.07, 6.45) is 3.43. The molecule has 1 aromatic heterocycles. The third-order valence-electron chi connectivity index (χ3n) is 1.65. The summed E-state index contributed by atoms with van der Waals surface area (Å²) in [7, 11) is 0. The van der Waals surface area contributed by atoms with Gasteiger partial charge >= 0.3 is 5.97 Å². The third kappa shape index (κ3) is 3.30. The molecule has 0 saturated heterocycles. The summed E-state index contributed by atoms with van der Waals surface area (Å²) in [5.41, 5.74) is 1.19. The van der Waals surface area contributed by atoms with Gasteiger partial charge in [-0.05, 0) is 13.2 Å². The molecule has 0 aromatic carbocycles. The van der Waals surface area contributed by atoms with Crippen LogP contribution < -0.4 is 0 Å². The van der Waals surface area contributed by atoms with Crippen molar-refractivity contribution in [3.63, 3.8) is 0 Å². The molecule has 0 aliphatic heterocycles. The highest BCUT2D eigenvalue weighted by Gasteiger charge is 2.14. The lowest BCUT2D eigenvalue weighted by atomic mass is 10.2. The minimum absolute atomic E-state index is 0.350. The Morgan fingerprint density at radius 2 is 2.40 bits per heavy atom. The van der Waals surface area contributed by atoms with Gasteiger partial charge in [-0.1, -0.05) is 34.4 Å². The number of hydrogen-bond donors (Lipinski definition) is 0. The fourth-order valence-electron chi connectivity index (χ4n) is 0.978. The average molecular weight is 338 g/mol. The highest BCUT2D eigenvalue weighted by molar-refractivity contribution is 14.1. The maximum atomic E-state index is 11.5. The molecule has 0 aliphatic rings. The van der Waals surface area contributed by atoms with Gasteiger partial charge in [0.1, 0.15) is 5.56 Å². The van der Waals surface area contributed by atoms with Crippen LogP contribution in [0.5, 0.6) is 0 Å². The second-order valence-electron chi connectivity index (χ2n) is 2.57. The summed E-state index contributed by atoms with van der Waals surface area (Å²) in [4.78, 5) is 19.8. The van der Waals surface area contributed by atoms with Gasteiger partial charge in [-0.2, -0.15) is 0 Å². The second-order valence-corrected chi connectivity index (χ2v) is 4.11. The number of aromatic nitrogens is 2. The third-order valence-corrected chi connectivity index (χ3v) is 2.93. The molecule has 0 saturated carbocycles. The fraction of sp³-hybridized carbons (Fsp3) is 0.444. The smallest absolute Gasteiger partial charge is 0.341 e. The molecule has 1 rings (SSSR count). The molecule has 0 fully saturated rings. The summed E-state index contributed by atoms with van der Waals surface area (Å²) in [5, 5.41) is 0.676. The van der Waals surface area contributed by atoms with Crippen molar-refractivity contribution in [2.24, 2.45) is 0 Å². The molecule has 6 heteroatoms. The highest BCUT2D eigenvalue weighted by Crippen LogP contribution is 2.15. The summed E-state index contributed by atoms with van der Waals surface area (Å²) >= 11 is 3.62. The topological polar surface area (TPSA) is 52.1 Å². The lowest BCUT2D eigenvalue weighted by Gasteiger charge is -2.06. The Bertz CT molecular complexity index is 360. The van der Waals surface area contributed by atoms with E-state index in [4.69, 9.17) is 4.74 Å². The van der Waals surface area contributed by atoms with Crippen LogP contribution in [0, 0.1) is 0 Å². The van der Waals surface area contributed by atoms with Crippen molar-refractivity contribution in [2.75, 3.05) is 12.9 Å². The van der Waals surface area contributed by atoms with Crippen LogP contribution in [0.4, 0.5) is 0 Å². The Hall–Kier alpha value is -0.370. The van der Waals surface area contributed by atoms with Gasteiger partial charge in [0.2, 0.25) is 0 Å². The van der Waals surface area contributed by atoms with Gasteiger partial charge in [0.05, 0.1) is 12.3 Å². The second kappa shape index (κ2) is 6.26. The predicted octanol–water partition coefficient (Wildman–Crippen LogP) is 2.31. The summed E-state index contributed by atoms with van der Waals surface area (Å²) in [6, 6.07) is 0. The number of halogens is 1. The molecule has 0 unspecified atom stereocenters. The Labute approximate surface area is 106 Å². The van der Waals surface area contributed by atoms with Crippen molar-refractivity contribution in [1.29, 1.82) is 0 Å². The van der Waals surface area contributed by atoms with Gasteiger partial charge < -0.3 is 4.74 Å². The van der Waals surface area contributed by atoms with Gasteiger partial charge in [0.25, 0.3) is 0 Å². The zero-order valence-electron chi connectivity index (χ0n) is 8.49. The summed E-state index contributed by atoms with van der Waals surface area (Å²) < 4.78 is 5.58. The van der Waals surface area contributed by atoms with E-state index in [-0.39, 0.29) is 5.97 Å². The van der Waals surface area contributed by atoms with E-state index < -0.39 is 0 Å². The van der Waals surface area contributed by atoms with Gasteiger partial charge in [-0.25, -0.2) is 14.8 Å². The van der Waals surface area contributed by atoms with Crippen molar-refractivity contribution in [3.05, 3.63) is 17.5 Å². The van der Waals surface area contributed by atoms with E-state index in [1.807, 2.05) is 6.26 Å². The predicted molar refractivity (Wildman–Crippen MR) is 67.5 cm³/mol. The van der Waals surface area contributed by atoms with E-state index in [9.17, 15) is 4.79 Å². The zero-order chi connectivity index (χ0) is 11.3. The van der Waals surface area contributed by atoms with Gasteiger partial charge in [-0.15, -0.1) is 0 Å². The molecule has 0 spiro atoms. The molecule has 1 aromatic rings. The standard InChI is InChI=1S/C9H11IN2O2S/c1-3-14-8(13)6-5-11-9(15-2)12-7(6)4-10/h5H,3-4H2,1-2H3. The van der Waals surface area contributed by atoms with E-state index in [1.54, 1.807) is 6.92 Å². The molecular formula is C9H11IN2O2S.